The summed E-state index contributed by atoms with van der Waals surface area (Å²) in [5.74, 6) is 0. The molecule has 14 heavy (non-hydrogen) atoms. The fourth-order valence-corrected chi connectivity index (χ4v) is 3.15. The third-order valence-electron chi connectivity index (χ3n) is 4.01. The molecule has 2 heteroatoms. The highest BCUT2D eigenvalue weighted by atomic mass is 16.5. The molecule has 1 atom stereocenters. The standard InChI is InChI=1S/C12H23NO/c1-11(9-10-13)7-8-12(14-11)5-3-2-4-6-12/h2-10,13H2,1H3. The number of hydrogen-bond donors (Lipinski definition) is 1. The Morgan fingerprint density at radius 3 is 2.43 bits per heavy atom. The molecule has 0 bridgehead atoms. The molecule has 1 heterocycles. The summed E-state index contributed by atoms with van der Waals surface area (Å²) in [6.45, 7) is 3.00. The van der Waals surface area contributed by atoms with Gasteiger partial charge in [0.25, 0.3) is 0 Å². The van der Waals surface area contributed by atoms with E-state index >= 15 is 0 Å². The first-order chi connectivity index (χ1) is 6.68. The summed E-state index contributed by atoms with van der Waals surface area (Å²) in [6, 6.07) is 0. The summed E-state index contributed by atoms with van der Waals surface area (Å²) < 4.78 is 6.34. The molecule has 1 spiro atoms. The van der Waals surface area contributed by atoms with Crippen molar-refractivity contribution >= 4 is 0 Å². The summed E-state index contributed by atoms with van der Waals surface area (Å²) in [4.78, 5) is 0. The molecular formula is C12H23NO. The maximum absolute atomic E-state index is 6.34. The smallest absolute Gasteiger partial charge is 0.0691 e. The van der Waals surface area contributed by atoms with Crippen LogP contribution in [0.1, 0.15) is 58.3 Å². The van der Waals surface area contributed by atoms with Crippen LogP contribution in [-0.2, 0) is 4.74 Å². The maximum atomic E-state index is 6.34. The first-order valence-corrected chi connectivity index (χ1v) is 6.08. The molecule has 0 amide bonds. The normalized spacial score (nSPS) is 36.4. The van der Waals surface area contributed by atoms with Crippen molar-refractivity contribution in [1.82, 2.24) is 0 Å². The molecule has 2 fully saturated rings. The fourth-order valence-electron chi connectivity index (χ4n) is 3.15. The van der Waals surface area contributed by atoms with Crippen LogP contribution >= 0.6 is 0 Å². The Balaban J connectivity index is 1.98. The minimum Gasteiger partial charge on any atom is -0.369 e. The van der Waals surface area contributed by atoms with E-state index in [9.17, 15) is 0 Å². The van der Waals surface area contributed by atoms with Gasteiger partial charge in [-0.2, -0.15) is 0 Å². The van der Waals surface area contributed by atoms with Crippen molar-refractivity contribution in [2.75, 3.05) is 6.54 Å². The van der Waals surface area contributed by atoms with Crippen LogP contribution in [-0.4, -0.2) is 17.7 Å². The molecule has 2 aliphatic rings. The lowest BCUT2D eigenvalue weighted by Gasteiger charge is -2.36. The largest absolute Gasteiger partial charge is 0.369 e. The van der Waals surface area contributed by atoms with Crippen LogP contribution in [0.2, 0.25) is 0 Å². The van der Waals surface area contributed by atoms with E-state index < -0.39 is 0 Å². The van der Waals surface area contributed by atoms with E-state index in [1.54, 1.807) is 0 Å². The van der Waals surface area contributed by atoms with E-state index in [-0.39, 0.29) is 11.2 Å². The highest BCUT2D eigenvalue weighted by molar-refractivity contribution is 4.96. The molecule has 1 saturated heterocycles. The van der Waals surface area contributed by atoms with Crippen molar-refractivity contribution < 1.29 is 4.74 Å². The molecule has 82 valence electrons. The Morgan fingerprint density at radius 1 is 1.07 bits per heavy atom. The maximum Gasteiger partial charge on any atom is 0.0691 e. The predicted octanol–water partition coefficient (Wildman–Crippen LogP) is 2.61. The van der Waals surface area contributed by atoms with Gasteiger partial charge in [0.05, 0.1) is 11.2 Å². The van der Waals surface area contributed by atoms with E-state index in [2.05, 4.69) is 6.92 Å². The minimum atomic E-state index is 0.0894. The Bertz CT molecular complexity index is 198. The summed E-state index contributed by atoms with van der Waals surface area (Å²) in [5.41, 5.74) is 5.97. The van der Waals surface area contributed by atoms with Gasteiger partial charge < -0.3 is 10.5 Å². The van der Waals surface area contributed by atoms with Crippen LogP contribution in [0, 0.1) is 0 Å². The lowest BCUT2D eigenvalue weighted by atomic mass is 9.82. The molecule has 2 rings (SSSR count). The SMILES string of the molecule is CC1(CCN)CCC2(CCCCC2)O1. The van der Waals surface area contributed by atoms with Gasteiger partial charge in [0.1, 0.15) is 0 Å². The van der Waals surface area contributed by atoms with E-state index in [4.69, 9.17) is 10.5 Å². The number of ether oxygens (including phenoxy) is 1. The van der Waals surface area contributed by atoms with Crippen LogP contribution in [0.3, 0.4) is 0 Å². The molecule has 0 radical (unpaired) electrons. The molecule has 1 aliphatic heterocycles. The highest BCUT2D eigenvalue weighted by Gasteiger charge is 2.46. The quantitative estimate of drug-likeness (QED) is 0.738. The van der Waals surface area contributed by atoms with Crippen molar-refractivity contribution in [3.63, 3.8) is 0 Å². The van der Waals surface area contributed by atoms with E-state index in [0.717, 1.165) is 13.0 Å². The second kappa shape index (κ2) is 3.82. The second-order valence-electron chi connectivity index (χ2n) is 5.33. The molecule has 2 N–H and O–H groups in total. The van der Waals surface area contributed by atoms with Crippen molar-refractivity contribution in [3.8, 4) is 0 Å². The lowest BCUT2D eigenvalue weighted by Crippen LogP contribution is -2.36. The average molecular weight is 197 g/mol. The number of nitrogens with two attached hydrogens (primary N) is 1. The number of hydrogen-bond acceptors (Lipinski definition) is 2. The van der Waals surface area contributed by atoms with Gasteiger partial charge in [-0.05, 0) is 45.6 Å². The summed E-state index contributed by atoms with van der Waals surface area (Å²) in [5, 5.41) is 0. The Hall–Kier alpha value is -0.0800. The first kappa shape index (κ1) is 10.4. The zero-order chi connectivity index (χ0) is 10.1. The molecule has 0 aromatic rings. The van der Waals surface area contributed by atoms with Gasteiger partial charge in [0.2, 0.25) is 0 Å². The summed E-state index contributed by atoms with van der Waals surface area (Å²) in [6.07, 6.45) is 10.2. The van der Waals surface area contributed by atoms with Crippen LogP contribution in [0.4, 0.5) is 0 Å². The Morgan fingerprint density at radius 2 is 1.79 bits per heavy atom. The molecule has 1 aliphatic carbocycles. The molecule has 1 saturated carbocycles. The van der Waals surface area contributed by atoms with Crippen molar-refractivity contribution in [2.45, 2.75) is 69.5 Å². The Kier molecular flexibility index (Phi) is 2.85. The molecule has 1 unspecified atom stereocenters. The van der Waals surface area contributed by atoms with Gasteiger partial charge in [-0.1, -0.05) is 19.3 Å². The third-order valence-corrected chi connectivity index (χ3v) is 4.01. The fraction of sp³-hybridized carbons (Fsp3) is 1.00. The highest BCUT2D eigenvalue weighted by Crippen LogP contribution is 2.47. The number of rotatable bonds is 2. The van der Waals surface area contributed by atoms with Gasteiger partial charge in [-0.25, -0.2) is 0 Å². The third kappa shape index (κ3) is 1.96. The summed E-state index contributed by atoms with van der Waals surface area (Å²) >= 11 is 0. The van der Waals surface area contributed by atoms with Crippen LogP contribution in [0.15, 0.2) is 0 Å². The Labute approximate surface area is 87.2 Å². The van der Waals surface area contributed by atoms with Crippen LogP contribution in [0.5, 0.6) is 0 Å². The van der Waals surface area contributed by atoms with E-state index in [1.807, 2.05) is 0 Å². The van der Waals surface area contributed by atoms with Crippen LogP contribution < -0.4 is 5.73 Å². The topological polar surface area (TPSA) is 35.2 Å². The van der Waals surface area contributed by atoms with Gasteiger partial charge in [0.15, 0.2) is 0 Å². The molecule has 0 aromatic carbocycles. The van der Waals surface area contributed by atoms with Gasteiger partial charge in [-0.15, -0.1) is 0 Å². The lowest BCUT2D eigenvalue weighted by molar-refractivity contribution is -0.113. The average Bonchev–Trinajstić information content (AvgIpc) is 2.46. The second-order valence-corrected chi connectivity index (χ2v) is 5.33. The van der Waals surface area contributed by atoms with Gasteiger partial charge >= 0.3 is 0 Å². The first-order valence-electron chi connectivity index (χ1n) is 6.08. The monoisotopic (exact) mass is 197 g/mol. The van der Waals surface area contributed by atoms with Gasteiger partial charge in [-0.3, -0.25) is 0 Å². The van der Waals surface area contributed by atoms with Crippen LogP contribution in [0.25, 0.3) is 0 Å². The minimum absolute atomic E-state index is 0.0894. The predicted molar refractivity (Wildman–Crippen MR) is 58.2 cm³/mol. The molecule has 2 nitrogen and oxygen atoms in total. The van der Waals surface area contributed by atoms with E-state index in [0.29, 0.717) is 0 Å². The van der Waals surface area contributed by atoms with Crippen molar-refractivity contribution in [3.05, 3.63) is 0 Å². The molecular weight excluding hydrogens is 174 g/mol. The zero-order valence-corrected chi connectivity index (χ0v) is 9.35. The van der Waals surface area contributed by atoms with Crippen molar-refractivity contribution in [2.24, 2.45) is 5.73 Å². The van der Waals surface area contributed by atoms with Crippen molar-refractivity contribution in [1.29, 1.82) is 0 Å². The zero-order valence-electron chi connectivity index (χ0n) is 9.35. The van der Waals surface area contributed by atoms with Gasteiger partial charge in [0, 0.05) is 0 Å². The molecule has 0 aromatic heterocycles. The summed E-state index contributed by atoms with van der Waals surface area (Å²) in [7, 11) is 0. The van der Waals surface area contributed by atoms with E-state index in [1.165, 1.54) is 44.9 Å².